The lowest BCUT2D eigenvalue weighted by Gasteiger charge is -2.10. The van der Waals surface area contributed by atoms with Crippen molar-refractivity contribution in [1.29, 1.82) is 0 Å². The number of nitrogens with one attached hydrogen (secondary N) is 1. The summed E-state index contributed by atoms with van der Waals surface area (Å²) >= 11 is 0. The van der Waals surface area contributed by atoms with Gasteiger partial charge in [0.25, 0.3) is 5.56 Å². The standard InChI is InChI=1S/C13H10F3NO2/c1-8-11(5-6-17-12(8)18)9-3-2-4-10(7-9)19-13(14,15)16/h2-7H,1H3,(H,17,18). The molecule has 0 bridgehead atoms. The van der Waals surface area contributed by atoms with Crippen LogP contribution in [0.25, 0.3) is 11.1 Å². The van der Waals surface area contributed by atoms with Crippen molar-refractivity contribution in [2.24, 2.45) is 0 Å². The van der Waals surface area contributed by atoms with E-state index in [-0.39, 0.29) is 11.3 Å². The molecule has 19 heavy (non-hydrogen) atoms. The van der Waals surface area contributed by atoms with Crippen LogP contribution in [0.2, 0.25) is 0 Å². The van der Waals surface area contributed by atoms with Crippen LogP contribution in [-0.2, 0) is 0 Å². The predicted octanol–water partition coefficient (Wildman–Crippen LogP) is 3.25. The molecule has 100 valence electrons. The maximum Gasteiger partial charge on any atom is 0.573 e. The summed E-state index contributed by atoms with van der Waals surface area (Å²) in [6.07, 6.45) is -3.29. The Bertz CT molecular complexity index is 647. The van der Waals surface area contributed by atoms with Crippen molar-refractivity contribution >= 4 is 0 Å². The third-order valence-corrected chi connectivity index (χ3v) is 2.59. The highest BCUT2D eigenvalue weighted by atomic mass is 19.4. The van der Waals surface area contributed by atoms with Gasteiger partial charge >= 0.3 is 6.36 Å². The van der Waals surface area contributed by atoms with Gasteiger partial charge < -0.3 is 9.72 Å². The van der Waals surface area contributed by atoms with Crippen molar-refractivity contribution in [3.63, 3.8) is 0 Å². The highest BCUT2D eigenvalue weighted by Gasteiger charge is 2.31. The third-order valence-electron chi connectivity index (χ3n) is 2.59. The zero-order valence-electron chi connectivity index (χ0n) is 9.91. The van der Waals surface area contributed by atoms with Gasteiger partial charge in [0.15, 0.2) is 0 Å². The van der Waals surface area contributed by atoms with Crippen molar-refractivity contribution < 1.29 is 17.9 Å². The van der Waals surface area contributed by atoms with Gasteiger partial charge in [-0.2, -0.15) is 0 Å². The Morgan fingerprint density at radius 3 is 2.63 bits per heavy atom. The lowest BCUT2D eigenvalue weighted by molar-refractivity contribution is -0.274. The highest BCUT2D eigenvalue weighted by Crippen LogP contribution is 2.28. The number of rotatable bonds is 2. The second kappa shape index (κ2) is 4.79. The van der Waals surface area contributed by atoms with Crippen LogP contribution in [0.3, 0.4) is 0 Å². The summed E-state index contributed by atoms with van der Waals surface area (Å²) in [7, 11) is 0. The van der Waals surface area contributed by atoms with Crippen LogP contribution in [0.5, 0.6) is 5.75 Å². The molecular weight excluding hydrogens is 259 g/mol. The minimum absolute atomic E-state index is 0.278. The molecule has 0 spiro atoms. The number of hydrogen-bond donors (Lipinski definition) is 1. The van der Waals surface area contributed by atoms with Crippen LogP contribution in [0.1, 0.15) is 5.56 Å². The van der Waals surface area contributed by atoms with Crippen molar-refractivity contribution in [1.82, 2.24) is 4.98 Å². The SMILES string of the molecule is Cc1c(-c2cccc(OC(F)(F)F)c2)cc[nH]c1=O. The first-order chi connectivity index (χ1) is 8.87. The Morgan fingerprint density at radius 1 is 1.21 bits per heavy atom. The summed E-state index contributed by atoms with van der Waals surface area (Å²) < 4.78 is 40.3. The molecule has 0 aliphatic carbocycles. The lowest BCUT2D eigenvalue weighted by Crippen LogP contribution is -2.17. The summed E-state index contributed by atoms with van der Waals surface area (Å²) in [6, 6.07) is 7.14. The van der Waals surface area contributed by atoms with Crippen LogP contribution in [0, 0.1) is 6.92 Å². The molecule has 0 aliphatic heterocycles. The first-order valence-electron chi connectivity index (χ1n) is 5.41. The molecule has 0 radical (unpaired) electrons. The Kier molecular flexibility index (Phi) is 3.33. The first-order valence-corrected chi connectivity index (χ1v) is 5.41. The molecule has 0 aliphatic rings. The third kappa shape index (κ3) is 3.15. The Balaban J connectivity index is 2.44. The smallest absolute Gasteiger partial charge is 0.406 e. The summed E-state index contributed by atoms with van der Waals surface area (Å²) in [5.41, 5.74) is 1.22. The number of aromatic amines is 1. The average Bonchev–Trinajstić information content (AvgIpc) is 2.31. The maximum absolute atomic E-state index is 12.1. The lowest BCUT2D eigenvalue weighted by atomic mass is 10.0. The summed E-state index contributed by atoms with van der Waals surface area (Å²) in [4.78, 5) is 14.0. The molecule has 0 unspecified atom stereocenters. The molecule has 0 saturated carbocycles. The number of benzene rings is 1. The second-order valence-corrected chi connectivity index (χ2v) is 3.92. The number of hydrogen-bond acceptors (Lipinski definition) is 2. The topological polar surface area (TPSA) is 42.1 Å². The van der Waals surface area contributed by atoms with Crippen LogP contribution in [-0.4, -0.2) is 11.3 Å². The fourth-order valence-corrected chi connectivity index (χ4v) is 1.73. The van der Waals surface area contributed by atoms with Crippen LogP contribution >= 0.6 is 0 Å². The zero-order valence-corrected chi connectivity index (χ0v) is 9.91. The van der Waals surface area contributed by atoms with Crippen molar-refractivity contribution in [3.05, 3.63) is 52.4 Å². The van der Waals surface area contributed by atoms with Crippen molar-refractivity contribution in [2.45, 2.75) is 13.3 Å². The minimum atomic E-state index is -4.73. The van der Waals surface area contributed by atoms with Crippen LogP contribution < -0.4 is 10.3 Å². The van der Waals surface area contributed by atoms with E-state index in [9.17, 15) is 18.0 Å². The van der Waals surface area contributed by atoms with E-state index in [2.05, 4.69) is 9.72 Å². The Labute approximate surface area is 106 Å². The van der Waals surface area contributed by atoms with Gasteiger partial charge in [0, 0.05) is 11.8 Å². The molecule has 1 heterocycles. The molecule has 0 saturated heterocycles. The van der Waals surface area contributed by atoms with E-state index in [0.717, 1.165) is 0 Å². The van der Waals surface area contributed by atoms with Crippen LogP contribution in [0.4, 0.5) is 13.2 Å². The monoisotopic (exact) mass is 269 g/mol. The van der Waals surface area contributed by atoms with Gasteiger partial charge in [-0.05, 0) is 36.2 Å². The van der Waals surface area contributed by atoms with Gasteiger partial charge in [-0.1, -0.05) is 12.1 Å². The fourth-order valence-electron chi connectivity index (χ4n) is 1.73. The predicted molar refractivity (Wildman–Crippen MR) is 63.9 cm³/mol. The van der Waals surface area contributed by atoms with E-state index in [1.807, 2.05) is 0 Å². The number of H-pyrrole nitrogens is 1. The number of pyridine rings is 1. The molecular formula is C13H10F3NO2. The Morgan fingerprint density at radius 2 is 1.95 bits per heavy atom. The fraction of sp³-hybridized carbons (Fsp3) is 0.154. The molecule has 0 atom stereocenters. The quantitative estimate of drug-likeness (QED) is 0.909. The Hall–Kier alpha value is -2.24. The number of halogens is 3. The molecule has 2 rings (SSSR count). The number of ether oxygens (including phenoxy) is 1. The summed E-state index contributed by atoms with van der Waals surface area (Å²) in [5.74, 6) is -0.315. The van der Waals surface area contributed by atoms with E-state index < -0.39 is 6.36 Å². The first kappa shape index (κ1) is 13.2. The van der Waals surface area contributed by atoms with Crippen molar-refractivity contribution in [3.8, 4) is 16.9 Å². The number of aromatic nitrogens is 1. The van der Waals surface area contributed by atoms with E-state index in [4.69, 9.17) is 0 Å². The largest absolute Gasteiger partial charge is 0.573 e. The van der Waals surface area contributed by atoms with E-state index in [1.54, 1.807) is 19.1 Å². The minimum Gasteiger partial charge on any atom is -0.406 e. The zero-order chi connectivity index (χ0) is 14.0. The van der Waals surface area contributed by atoms with Gasteiger partial charge in [-0.15, -0.1) is 13.2 Å². The normalized spacial score (nSPS) is 11.4. The summed E-state index contributed by atoms with van der Waals surface area (Å²) in [6.45, 7) is 1.60. The molecule has 1 aromatic heterocycles. The van der Waals surface area contributed by atoms with E-state index in [0.29, 0.717) is 16.7 Å². The molecule has 6 heteroatoms. The van der Waals surface area contributed by atoms with Gasteiger partial charge in [0.2, 0.25) is 0 Å². The summed E-state index contributed by atoms with van der Waals surface area (Å²) in [5, 5.41) is 0. The molecule has 1 aromatic carbocycles. The van der Waals surface area contributed by atoms with E-state index >= 15 is 0 Å². The van der Waals surface area contributed by atoms with Gasteiger partial charge in [0.1, 0.15) is 5.75 Å². The van der Waals surface area contributed by atoms with E-state index in [1.165, 1.54) is 24.4 Å². The molecule has 1 N–H and O–H groups in total. The number of alkyl halides is 3. The molecule has 2 aromatic rings. The van der Waals surface area contributed by atoms with Gasteiger partial charge in [-0.25, -0.2) is 0 Å². The van der Waals surface area contributed by atoms with Gasteiger partial charge in [0.05, 0.1) is 0 Å². The maximum atomic E-state index is 12.1. The average molecular weight is 269 g/mol. The van der Waals surface area contributed by atoms with Crippen molar-refractivity contribution in [2.75, 3.05) is 0 Å². The molecule has 0 amide bonds. The molecule has 3 nitrogen and oxygen atoms in total. The van der Waals surface area contributed by atoms with Gasteiger partial charge in [-0.3, -0.25) is 4.79 Å². The second-order valence-electron chi connectivity index (χ2n) is 3.92. The molecule has 0 fully saturated rings. The van der Waals surface area contributed by atoms with Crippen LogP contribution in [0.15, 0.2) is 41.3 Å². The highest BCUT2D eigenvalue weighted by molar-refractivity contribution is 5.67.